The van der Waals surface area contributed by atoms with Crippen molar-refractivity contribution in [2.45, 2.75) is 57.7 Å². The Balaban J connectivity index is 1.93. The van der Waals surface area contributed by atoms with Crippen molar-refractivity contribution in [3.8, 4) is 11.4 Å². The average molecular weight is 467 g/mol. The third-order valence-electron chi connectivity index (χ3n) is 6.07. The fourth-order valence-electron chi connectivity index (χ4n) is 4.26. The lowest BCUT2D eigenvalue weighted by molar-refractivity contribution is -0.139. The Morgan fingerprint density at radius 1 is 1.18 bits per heavy atom. The van der Waals surface area contributed by atoms with Crippen LogP contribution in [0.1, 0.15) is 62.0 Å². The van der Waals surface area contributed by atoms with Crippen LogP contribution in [-0.2, 0) is 11.0 Å². The van der Waals surface area contributed by atoms with Gasteiger partial charge in [0, 0.05) is 13.1 Å². The van der Waals surface area contributed by atoms with E-state index in [-0.39, 0.29) is 23.0 Å². The number of hydrogen-bond donors (Lipinski definition) is 1. The second kappa shape index (κ2) is 9.84. The second-order valence-electron chi connectivity index (χ2n) is 8.11. The maximum absolute atomic E-state index is 13.3. The minimum Gasteiger partial charge on any atom is -0.493 e. The summed E-state index contributed by atoms with van der Waals surface area (Å²) in [4.78, 5) is 28.3. The van der Waals surface area contributed by atoms with Gasteiger partial charge in [-0.25, -0.2) is 4.68 Å². The second-order valence-corrected chi connectivity index (χ2v) is 8.11. The molecule has 180 valence electrons. The quantitative estimate of drug-likeness (QED) is 0.664. The van der Waals surface area contributed by atoms with Crippen LogP contribution in [-0.4, -0.2) is 52.2 Å². The van der Waals surface area contributed by atoms with Crippen molar-refractivity contribution in [3.63, 3.8) is 0 Å². The largest absolute Gasteiger partial charge is 0.493 e. The van der Waals surface area contributed by atoms with Gasteiger partial charge < -0.3 is 15.0 Å². The van der Waals surface area contributed by atoms with Gasteiger partial charge in [-0.3, -0.25) is 9.59 Å². The summed E-state index contributed by atoms with van der Waals surface area (Å²) in [5, 5.41) is 7.11. The monoisotopic (exact) mass is 466 g/mol. The van der Waals surface area contributed by atoms with E-state index in [1.807, 2.05) is 13.8 Å². The molecule has 0 saturated heterocycles. The van der Waals surface area contributed by atoms with E-state index in [0.29, 0.717) is 25.9 Å². The van der Waals surface area contributed by atoms with Crippen LogP contribution < -0.4 is 10.1 Å². The predicted molar refractivity (Wildman–Crippen MR) is 116 cm³/mol. The lowest BCUT2D eigenvalue weighted by Crippen LogP contribution is -2.60. The highest BCUT2D eigenvalue weighted by molar-refractivity contribution is 5.99. The van der Waals surface area contributed by atoms with Crippen LogP contribution in [0.4, 0.5) is 13.2 Å². The lowest BCUT2D eigenvalue weighted by atomic mass is 9.80. The highest BCUT2D eigenvalue weighted by Gasteiger charge is 2.43. The van der Waals surface area contributed by atoms with E-state index in [1.54, 1.807) is 4.90 Å². The number of carbonyl (C=O) groups is 2. The van der Waals surface area contributed by atoms with E-state index < -0.39 is 23.2 Å². The molecule has 0 atom stereocenters. The molecule has 2 aromatic rings. The third kappa shape index (κ3) is 5.15. The number of halogens is 3. The van der Waals surface area contributed by atoms with Gasteiger partial charge >= 0.3 is 6.18 Å². The van der Waals surface area contributed by atoms with Gasteiger partial charge in [-0.1, -0.05) is 25.3 Å². The summed E-state index contributed by atoms with van der Waals surface area (Å²) in [7, 11) is 1.35. The summed E-state index contributed by atoms with van der Waals surface area (Å²) in [6.45, 7) is 4.83. The lowest BCUT2D eigenvalue weighted by Gasteiger charge is -2.39. The van der Waals surface area contributed by atoms with Crippen molar-refractivity contribution in [1.29, 1.82) is 0 Å². The predicted octanol–water partition coefficient (Wildman–Crippen LogP) is 4.20. The maximum atomic E-state index is 13.3. The minimum atomic E-state index is -4.51. The van der Waals surface area contributed by atoms with Gasteiger partial charge in [-0.15, -0.1) is 0 Å². The molecule has 1 aromatic carbocycles. The summed E-state index contributed by atoms with van der Waals surface area (Å²) in [6, 6.07) is 4.63. The minimum absolute atomic E-state index is 0.0905. The molecule has 2 amide bonds. The van der Waals surface area contributed by atoms with Crippen molar-refractivity contribution >= 4 is 11.8 Å². The number of hydrogen-bond acceptors (Lipinski definition) is 4. The molecule has 0 aliphatic heterocycles. The smallest absolute Gasteiger partial charge is 0.416 e. The van der Waals surface area contributed by atoms with E-state index in [2.05, 4.69) is 10.4 Å². The van der Waals surface area contributed by atoms with Gasteiger partial charge in [-0.2, -0.15) is 18.3 Å². The standard InChI is InChI=1S/C23H29F3N4O3/c1-4-29(5-2)21(32)22(12-7-6-8-13-22)27-20(31)19-18(33-3)15-30(28-19)17-11-9-10-16(14-17)23(24,25)26/h9-11,14-15H,4-8,12-13H2,1-3H3,(H,27,31). The first-order valence-electron chi connectivity index (χ1n) is 11.1. The molecular weight excluding hydrogens is 437 g/mol. The number of rotatable bonds is 7. The molecule has 1 heterocycles. The van der Waals surface area contributed by atoms with Crippen LogP contribution in [0.5, 0.6) is 5.75 Å². The summed E-state index contributed by atoms with van der Waals surface area (Å²) >= 11 is 0. The summed E-state index contributed by atoms with van der Waals surface area (Å²) < 4.78 is 45.8. The van der Waals surface area contributed by atoms with E-state index in [1.165, 1.54) is 30.1 Å². The molecule has 7 nitrogen and oxygen atoms in total. The Labute approximate surface area is 190 Å². The molecule has 0 unspecified atom stereocenters. The average Bonchev–Trinajstić information content (AvgIpc) is 3.25. The Morgan fingerprint density at radius 3 is 2.42 bits per heavy atom. The molecule has 1 N–H and O–H groups in total. The number of nitrogens with zero attached hydrogens (tertiary/aromatic N) is 3. The van der Waals surface area contributed by atoms with Crippen molar-refractivity contribution in [2.24, 2.45) is 0 Å². The van der Waals surface area contributed by atoms with Crippen molar-refractivity contribution in [3.05, 3.63) is 41.7 Å². The van der Waals surface area contributed by atoms with Crippen molar-refractivity contribution in [2.75, 3.05) is 20.2 Å². The van der Waals surface area contributed by atoms with Crippen LogP contribution in [0.2, 0.25) is 0 Å². The number of ether oxygens (including phenoxy) is 1. The fourth-order valence-corrected chi connectivity index (χ4v) is 4.26. The van der Waals surface area contributed by atoms with Crippen LogP contribution in [0.3, 0.4) is 0 Å². The van der Waals surface area contributed by atoms with Gasteiger partial charge in [0.2, 0.25) is 5.91 Å². The first-order valence-corrected chi connectivity index (χ1v) is 11.1. The molecular formula is C23H29F3N4O3. The molecule has 0 bridgehead atoms. The Hall–Kier alpha value is -3.04. The maximum Gasteiger partial charge on any atom is 0.416 e. The highest BCUT2D eigenvalue weighted by Crippen LogP contribution is 2.32. The zero-order valence-electron chi connectivity index (χ0n) is 19.0. The topological polar surface area (TPSA) is 76.5 Å². The molecule has 1 fully saturated rings. The third-order valence-corrected chi connectivity index (χ3v) is 6.07. The Kier molecular flexibility index (Phi) is 7.34. The molecule has 1 aliphatic rings. The van der Waals surface area contributed by atoms with E-state index in [4.69, 9.17) is 4.74 Å². The van der Waals surface area contributed by atoms with Gasteiger partial charge in [-0.05, 0) is 44.9 Å². The number of nitrogens with one attached hydrogen (secondary N) is 1. The fraction of sp³-hybridized carbons (Fsp3) is 0.522. The van der Waals surface area contributed by atoms with E-state index in [9.17, 15) is 22.8 Å². The summed E-state index contributed by atoms with van der Waals surface area (Å²) in [5.74, 6) is -0.622. The molecule has 1 aliphatic carbocycles. The van der Waals surface area contributed by atoms with E-state index >= 15 is 0 Å². The summed E-state index contributed by atoms with van der Waals surface area (Å²) in [5.41, 5.74) is -1.82. The Bertz CT molecular complexity index is 993. The van der Waals surface area contributed by atoms with Crippen LogP contribution >= 0.6 is 0 Å². The number of carbonyl (C=O) groups excluding carboxylic acids is 2. The molecule has 1 saturated carbocycles. The number of aromatic nitrogens is 2. The zero-order chi connectivity index (χ0) is 24.2. The number of benzene rings is 1. The van der Waals surface area contributed by atoms with Crippen molar-refractivity contribution < 1.29 is 27.5 Å². The first kappa shape index (κ1) is 24.6. The van der Waals surface area contributed by atoms with Crippen molar-refractivity contribution in [1.82, 2.24) is 20.0 Å². The van der Waals surface area contributed by atoms with E-state index in [0.717, 1.165) is 31.4 Å². The highest BCUT2D eigenvalue weighted by atomic mass is 19.4. The molecule has 1 aromatic heterocycles. The van der Waals surface area contributed by atoms with Gasteiger partial charge in [0.1, 0.15) is 5.54 Å². The number of amides is 2. The normalized spacial score (nSPS) is 15.7. The number of alkyl halides is 3. The summed E-state index contributed by atoms with van der Waals surface area (Å²) in [6.07, 6.45) is 0.480. The first-order chi connectivity index (χ1) is 15.6. The van der Waals surface area contributed by atoms with Crippen LogP contribution in [0, 0.1) is 0 Å². The van der Waals surface area contributed by atoms with Gasteiger partial charge in [0.15, 0.2) is 11.4 Å². The SMILES string of the molecule is CCN(CC)C(=O)C1(NC(=O)c2nn(-c3cccc(C(F)(F)F)c3)cc2OC)CCCCC1. The van der Waals surface area contributed by atoms with Gasteiger partial charge in [0.05, 0.1) is 24.6 Å². The number of likely N-dealkylation sites (N-methyl/N-ethyl adjacent to an activating group) is 1. The van der Waals surface area contributed by atoms with Crippen LogP contribution in [0.15, 0.2) is 30.5 Å². The molecule has 3 rings (SSSR count). The molecule has 0 radical (unpaired) electrons. The zero-order valence-corrected chi connectivity index (χ0v) is 19.0. The molecule has 0 spiro atoms. The Morgan fingerprint density at radius 2 is 1.85 bits per heavy atom. The van der Waals surface area contributed by atoms with Gasteiger partial charge in [0.25, 0.3) is 5.91 Å². The molecule has 33 heavy (non-hydrogen) atoms. The molecule has 10 heteroatoms. The van der Waals surface area contributed by atoms with Crippen LogP contribution in [0.25, 0.3) is 5.69 Å². The number of methoxy groups -OCH3 is 1.